The quantitative estimate of drug-likeness (QED) is 0.904. The molecule has 1 aliphatic rings. The molecule has 0 spiro atoms. The number of thiazole rings is 1. The summed E-state index contributed by atoms with van der Waals surface area (Å²) in [5.74, 6) is 1.70. The molecule has 2 heterocycles. The minimum absolute atomic E-state index is 0.189. The molecule has 102 valence electrons. The number of aryl methyl sites for hydroxylation is 1. The van der Waals surface area contributed by atoms with Gasteiger partial charge in [-0.05, 0) is 44.2 Å². The third-order valence-electron chi connectivity index (χ3n) is 4.04. The van der Waals surface area contributed by atoms with Crippen molar-refractivity contribution in [3.8, 4) is 0 Å². The van der Waals surface area contributed by atoms with Crippen molar-refractivity contribution in [2.75, 3.05) is 13.1 Å². The molecule has 0 radical (unpaired) electrons. The SMILES string of the molecule is CC1CCNCC1CCc1nc(C(C)(C)C)cs1. The second-order valence-electron chi connectivity index (χ2n) is 6.65. The Kier molecular flexibility index (Phi) is 4.44. The Labute approximate surface area is 115 Å². The van der Waals surface area contributed by atoms with Gasteiger partial charge in [0.2, 0.25) is 0 Å². The van der Waals surface area contributed by atoms with E-state index in [4.69, 9.17) is 4.98 Å². The Morgan fingerprint density at radius 2 is 2.22 bits per heavy atom. The summed E-state index contributed by atoms with van der Waals surface area (Å²) in [6.07, 6.45) is 3.76. The van der Waals surface area contributed by atoms with Crippen LogP contribution in [0, 0.1) is 11.8 Å². The molecule has 2 rings (SSSR count). The Hall–Kier alpha value is -0.410. The van der Waals surface area contributed by atoms with Gasteiger partial charge in [0.1, 0.15) is 0 Å². The smallest absolute Gasteiger partial charge is 0.0928 e. The lowest BCUT2D eigenvalue weighted by atomic mass is 9.85. The Balaban J connectivity index is 1.88. The standard InChI is InChI=1S/C15H26N2S/c1-11-7-8-16-9-12(11)5-6-14-17-13(10-18-14)15(2,3)4/h10-12,16H,5-9H2,1-4H3. The molecular weight excluding hydrogens is 240 g/mol. The van der Waals surface area contributed by atoms with Gasteiger partial charge in [0.15, 0.2) is 0 Å². The molecule has 2 unspecified atom stereocenters. The predicted molar refractivity (Wildman–Crippen MR) is 79.3 cm³/mol. The Morgan fingerprint density at radius 3 is 2.83 bits per heavy atom. The van der Waals surface area contributed by atoms with Crippen molar-refractivity contribution < 1.29 is 0 Å². The fourth-order valence-electron chi connectivity index (χ4n) is 2.52. The lowest BCUT2D eigenvalue weighted by Gasteiger charge is -2.29. The van der Waals surface area contributed by atoms with Gasteiger partial charge < -0.3 is 5.32 Å². The van der Waals surface area contributed by atoms with Crippen molar-refractivity contribution >= 4 is 11.3 Å². The second-order valence-corrected chi connectivity index (χ2v) is 7.59. The van der Waals surface area contributed by atoms with E-state index in [0.717, 1.165) is 18.3 Å². The first-order valence-electron chi connectivity index (χ1n) is 7.12. The van der Waals surface area contributed by atoms with Crippen LogP contribution in [0.3, 0.4) is 0 Å². The highest BCUT2D eigenvalue weighted by molar-refractivity contribution is 7.09. The third kappa shape index (κ3) is 3.55. The van der Waals surface area contributed by atoms with Crippen LogP contribution < -0.4 is 5.32 Å². The van der Waals surface area contributed by atoms with Crippen molar-refractivity contribution in [2.45, 2.75) is 52.4 Å². The van der Waals surface area contributed by atoms with E-state index in [0.29, 0.717) is 0 Å². The summed E-state index contributed by atoms with van der Waals surface area (Å²) in [4.78, 5) is 4.79. The number of hydrogen-bond acceptors (Lipinski definition) is 3. The zero-order chi connectivity index (χ0) is 13.2. The minimum Gasteiger partial charge on any atom is -0.316 e. The number of rotatable bonds is 3. The molecule has 0 bridgehead atoms. The van der Waals surface area contributed by atoms with E-state index < -0.39 is 0 Å². The average Bonchev–Trinajstić information content (AvgIpc) is 2.76. The van der Waals surface area contributed by atoms with Crippen molar-refractivity contribution in [3.63, 3.8) is 0 Å². The van der Waals surface area contributed by atoms with Crippen LogP contribution >= 0.6 is 11.3 Å². The van der Waals surface area contributed by atoms with E-state index in [1.54, 1.807) is 0 Å². The van der Waals surface area contributed by atoms with Gasteiger partial charge in [0.05, 0.1) is 10.7 Å². The van der Waals surface area contributed by atoms with Gasteiger partial charge in [0.25, 0.3) is 0 Å². The number of hydrogen-bond donors (Lipinski definition) is 1. The predicted octanol–water partition coefficient (Wildman–Crippen LogP) is 3.62. The lowest BCUT2D eigenvalue weighted by Crippen LogP contribution is -2.35. The van der Waals surface area contributed by atoms with Crippen LogP contribution in [0.15, 0.2) is 5.38 Å². The van der Waals surface area contributed by atoms with Crippen LogP contribution in [0.4, 0.5) is 0 Å². The summed E-state index contributed by atoms with van der Waals surface area (Å²) >= 11 is 1.83. The molecule has 0 aromatic carbocycles. The maximum atomic E-state index is 4.79. The van der Waals surface area contributed by atoms with Gasteiger partial charge >= 0.3 is 0 Å². The van der Waals surface area contributed by atoms with E-state index in [-0.39, 0.29) is 5.41 Å². The number of nitrogens with one attached hydrogen (secondary N) is 1. The number of piperidine rings is 1. The zero-order valence-corrected chi connectivity index (χ0v) is 12.9. The van der Waals surface area contributed by atoms with Crippen LogP contribution in [-0.4, -0.2) is 18.1 Å². The molecule has 1 aliphatic heterocycles. The highest BCUT2D eigenvalue weighted by atomic mass is 32.1. The summed E-state index contributed by atoms with van der Waals surface area (Å²) < 4.78 is 0. The summed E-state index contributed by atoms with van der Waals surface area (Å²) in [7, 11) is 0. The molecule has 1 N–H and O–H groups in total. The van der Waals surface area contributed by atoms with Gasteiger partial charge in [0, 0.05) is 10.8 Å². The highest BCUT2D eigenvalue weighted by Gasteiger charge is 2.22. The molecule has 0 amide bonds. The highest BCUT2D eigenvalue weighted by Crippen LogP contribution is 2.27. The summed E-state index contributed by atoms with van der Waals surface area (Å²) in [5.41, 5.74) is 1.44. The fourth-order valence-corrected chi connectivity index (χ4v) is 3.56. The largest absolute Gasteiger partial charge is 0.316 e. The van der Waals surface area contributed by atoms with E-state index in [1.807, 2.05) is 11.3 Å². The van der Waals surface area contributed by atoms with E-state index in [2.05, 4.69) is 38.4 Å². The van der Waals surface area contributed by atoms with Crippen LogP contribution in [0.1, 0.15) is 51.2 Å². The maximum Gasteiger partial charge on any atom is 0.0928 e. The first-order chi connectivity index (χ1) is 8.47. The van der Waals surface area contributed by atoms with Crippen LogP contribution in [0.5, 0.6) is 0 Å². The van der Waals surface area contributed by atoms with E-state index >= 15 is 0 Å². The normalized spacial score (nSPS) is 25.3. The third-order valence-corrected chi connectivity index (χ3v) is 4.95. The Bertz CT molecular complexity index is 378. The molecule has 0 aliphatic carbocycles. The van der Waals surface area contributed by atoms with Gasteiger partial charge in [-0.15, -0.1) is 11.3 Å². The molecule has 1 fully saturated rings. The first kappa shape index (κ1) is 14.0. The fraction of sp³-hybridized carbons (Fsp3) is 0.800. The second kappa shape index (κ2) is 5.70. The molecular formula is C15H26N2S. The van der Waals surface area contributed by atoms with Crippen LogP contribution in [0.2, 0.25) is 0 Å². The molecule has 2 nitrogen and oxygen atoms in total. The lowest BCUT2D eigenvalue weighted by molar-refractivity contribution is 0.260. The van der Waals surface area contributed by atoms with Crippen molar-refractivity contribution in [1.29, 1.82) is 0 Å². The van der Waals surface area contributed by atoms with Gasteiger partial charge in [-0.25, -0.2) is 4.98 Å². The van der Waals surface area contributed by atoms with E-state index in [9.17, 15) is 0 Å². The Morgan fingerprint density at radius 1 is 1.44 bits per heavy atom. The van der Waals surface area contributed by atoms with Crippen molar-refractivity contribution in [1.82, 2.24) is 10.3 Å². The van der Waals surface area contributed by atoms with Gasteiger partial charge in [-0.1, -0.05) is 27.7 Å². The zero-order valence-electron chi connectivity index (χ0n) is 12.1. The average molecular weight is 266 g/mol. The topological polar surface area (TPSA) is 24.9 Å². The maximum absolute atomic E-state index is 4.79. The van der Waals surface area contributed by atoms with Crippen molar-refractivity contribution in [3.05, 3.63) is 16.1 Å². The minimum atomic E-state index is 0.189. The van der Waals surface area contributed by atoms with E-state index in [1.165, 1.54) is 36.6 Å². The monoisotopic (exact) mass is 266 g/mol. The summed E-state index contributed by atoms with van der Waals surface area (Å²) in [6.45, 7) is 11.5. The van der Waals surface area contributed by atoms with Crippen LogP contribution in [-0.2, 0) is 11.8 Å². The van der Waals surface area contributed by atoms with Gasteiger partial charge in [-0.3, -0.25) is 0 Å². The van der Waals surface area contributed by atoms with Crippen molar-refractivity contribution in [2.24, 2.45) is 11.8 Å². The molecule has 1 aromatic rings. The number of nitrogens with zero attached hydrogens (tertiary/aromatic N) is 1. The molecule has 1 saturated heterocycles. The first-order valence-corrected chi connectivity index (χ1v) is 8.00. The molecule has 0 saturated carbocycles. The molecule has 2 atom stereocenters. The summed E-state index contributed by atoms with van der Waals surface area (Å²) in [6, 6.07) is 0. The number of aromatic nitrogens is 1. The molecule has 18 heavy (non-hydrogen) atoms. The van der Waals surface area contributed by atoms with Gasteiger partial charge in [-0.2, -0.15) is 0 Å². The molecule has 1 aromatic heterocycles. The van der Waals surface area contributed by atoms with Crippen LogP contribution in [0.25, 0.3) is 0 Å². The molecule has 3 heteroatoms. The summed E-state index contributed by atoms with van der Waals surface area (Å²) in [5, 5.41) is 7.07.